The molecule has 0 aliphatic rings. The number of nitrogens with zero attached hydrogens (tertiary/aromatic N) is 3. The van der Waals surface area contributed by atoms with Crippen LogP contribution in [0.1, 0.15) is 48.1 Å². The zero-order valence-corrected chi connectivity index (χ0v) is 22.4. The number of benzene rings is 2. The quantitative estimate of drug-likeness (QED) is 0.294. The molecular weight excluding hydrogens is 480 g/mol. The molecule has 0 saturated carbocycles. The van der Waals surface area contributed by atoms with Crippen molar-refractivity contribution in [3.63, 3.8) is 0 Å². The molecule has 0 aliphatic carbocycles. The van der Waals surface area contributed by atoms with Gasteiger partial charge in [0.2, 0.25) is 0 Å². The average molecular weight is 513 g/mol. The normalized spacial score (nSPS) is 11.1. The number of aromatic nitrogens is 3. The largest absolute Gasteiger partial charge is 0.457 e. The third-order valence-corrected chi connectivity index (χ3v) is 5.87. The number of pyridine rings is 1. The summed E-state index contributed by atoms with van der Waals surface area (Å²) in [6.07, 6.45) is 1.51. The lowest BCUT2D eigenvalue weighted by molar-refractivity contribution is 0.0957. The van der Waals surface area contributed by atoms with Crippen molar-refractivity contribution in [1.82, 2.24) is 20.1 Å². The maximum atomic E-state index is 13.0. The summed E-state index contributed by atoms with van der Waals surface area (Å²) in [5.74, 6) is 1.32. The average Bonchev–Trinajstić information content (AvgIpc) is 3.30. The van der Waals surface area contributed by atoms with E-state index in [1.165, 1.54) is 6.20 Å². The molecule has 0 fully saturated rings. The first kappa shape index (κ1) is 26.4. The van der Waals surface area contributed by atoms with E-state index in [0.29, 0.717) is 23.0 Å². The summed E-state index contributed by atoms with van der Waals surface area (Å²) in [5.41, 5.74) is 4.37. The molecule has 2 aromatic heterocycles. The van der Waals surface area contributed by atoms with Crippen molar-refractivity contribution >= 4 is 23.4 Å². The molecule has 3 N–H and O–H groups in total. The lowest BCUT2D eigenvalue weighted by atomic mass is 9.92. The highest BCUT2D eigenvalue weighted by Gasteiger charge is 2.22. The third-order valence-electron chi connectivity index (χ3n) is 5.87. The standard InChI is InChI=1S/C29H32N6O3/c1-18-7-9-20(10-8-18)35-26(17-25(34-35)29(3,4)5)33-28(37)32-23-12-11-21(15-19(23)2)38-22-13-14-31-24(16-22)27(36)30-6/h7-17H,1-6H3,(H,30,36)(H2,32,33,37). The Labute approximate surface area is 222 Å². The maximum absolute atomic E-state index is 13.0. The molecule has 9 nitrogen and oxygen atoms in total. The van der Waals surface area contributed by atoms with Crippen LogP contribution in [0.5, 0.6) is 11.5 Å². The number of rotatable bonds is 6. The van der Waals surface area contributed by atoms with E-state index in [4.69, 9.17) is 9.84 Å². The number of ether oxygens (including phenoxy) is 1. The molecule has 196 valence electrons. The van der Waals surface area contributed by atoms with Gasteiger partial charge in [0.05, 0.1) is 11.4 Å². The van der Waals surface area contributed by atoms with Crippen molar-refractivity contribution in [2.45, 2.75) is 40.0 Å². The van der Waals surface area contributed by atoms with Crippen LogP contribution in [0, 0.1) is 13.8 Å². The smallest absolute Gasteiger partial charge is 0.324 e. The number of anilines is 2. The monoisotopic (exact) mass is 512 g/mol. The van der Waals surface area contributed by atoms with E-state index in [9.17, 15) is 9.59 Å². The van der Waals surface area contributed by atoms with Gasteiger partial charge in [0.15, 0.2) is 0 Å². The minimum absolute atomic E-state index is 0.189. The van der Waals surface area contributed by atoms with Crippen LogP contribution >= 0.6 is 0 Å². The first-order valence-corrected chi connectivity index (χ1v) is 12.3. The predicted molar refractivity (Wildman–Crippen MR) is 149 cm³/mol. The summed E-state index contributed by atoms with van der Waals surface area (Å²) in [7, 11) is 1.54. The molecule has 2 heterocycles. The summed E-state index contributed by atoms with van der Waals surface area (Å²) in [4.78, 5) is 28.9. The van der Waals surface area contributed by atoms with Gasteiger partial charge in [0.25, 0.3) is 5.91 Å². The zero-order valence-electron chi connectivity index (χ0n) is 22.4. The summed E-state index contributed by atoms with van der Waals surface area (Å²) in [5, 5.41) is 13.2. The number of nitrogens with one attached hydrogen (secondary N) is 3. The van der Waals surface area contributed by atoms with Gasteiger partial charge < -0.3 is 15.4 Å². The summed E-state index contributed by atoms with van der Waals surface area (Å²) >= 11 is 0. The van der Waals surface area contributed by atoms with E-state index in [-0.39, 0.29) is 23.0 Å². The molecule has 0 radical (unpaired) electrons. The molecule has 4 rings (SSSR count). The van der Waals surface area contributed by atoms with Crippen molar-refractivity contribution in [2.24, 2.45) is 0 Å². The number of urea groups is 1. The number of amides is 3. The second-order valence-electron chi connectivity index (χ2n) is 10.0. The third kappa shape index (κ3) is 6.18. The van der Waals surface area contributed by atoms with E-state index in [1.807, 2.05) is 50.2 Å². The van der Waals surface area contributed by atoms with Crippen LogP contribution in [0.15, 0.2) is 66.9 Å². The van der Waals surface area contributed by atoms with Crippen LogP contribution in [0.4, 0.5) is 16.3 Å². The Morgan fingerprint density at radius 2 is 1.61 bits per heavy atom. The highest BCUT2D eigenvalue weighted by molar-refractivity contribution is 6.00. The van der Waals surface area contributed by atoms with Gasteiger partial charge in [-0.25, -0.2) is 9.48 Å². The highest BCUT2D eigenvalue weighted by atomic mass is 16.5. The highest BCUT2D eigenvalue weighted by Crippen LogP contribution is 2.28. The Balaban J connectivity index is 1.50. The van der Waals surface area contributed by atoms with Gasteiger partial charge in [-0.1, -0.05) is 38.5 Å². The Kier molecular flexibility index (Phi) is 7.47. The number of hydrogen-bond donors (Lipinski definition) is 3. The molecule has 38 heavy (non-hydrogen) atoms. The number of hydrogen-bond acceptors (Lipinski definition) is 5. The minimum atomic E-state index is -0.389. The second kappa shape index (κ2) is 10.8. The van der Waals surface area contributed by atoms with E-state index in [2.05, 4.69) is 41.7 Å². The molecule has 9 heteroatoms. The summed E-state index contributed by atoms with van der Waals surface area (Å²) in [6, 6.07) is 18.0. The van der Waals surface area contributed by atoms with E-state index in [1.54, 1.807) is 36.0 Å². The van der Waals surface area contributed by atoms with Crippen molar-refractivity contribution in [3.05, 3.63) is 89.4 Å². The van der Waals surface area contributed by atoms with Crippen LogP contribution in [-0.4, -0.2) is 33.8 Å². The van der Waals surface area contributed by atoms with Crippen molar-refractivity contribution < 1.29 is 14.3 Å². The molecule has 2 aromatic carbocycles. The van der Waals surface area contributed by atoms with Crippen LogP contribution in [0.2, 0.25) is 0 Å². The molecule has 0 spiro atoms. The number of carbonyl (C=O) groups excluding carboxylic acids is 2. The molecule has 0 unspecified atom stereocenters. The Hall–Kier alpha value is -4.66. The van der Waals surface area contributed by atoms with Crippen LogP contribution in [-0.2, 0) is 5.41 Å². The van der Waals surface area contributed by atoms with E-state index in [0.717, 1.165) is 22.5 Å². The molecule has 0 aliphatic heterocycles. The van der Waals surface area contributed by atoms with Gasteiger partial charge in [0, 0.05) is 36.5 Å². The van der Waals surface area contributed by atoms with Gasteiger partial charge in [-0.3, -0.25) is 15.1 Å². The molecule has 0 bridgehead atoms. The molecular formula is C29H32N6O3. The first-order chi connectivity index (χ1) is 18.0. The van der Waals surface area contributed by atoms with E-state index < -0.39 is 0 Å². The van der Waals surface area contributed by atoms with Crippen LogP contribution in [0.25, 0.3) is 5.69 Å². The van der Waals surface area contributed by atoms with Crippen LogP contribution < -0.4 is 20.7 Å². The second-order valence-corrected chi connectivity index (χ2v) is 10.0. The topological polar surface area (TPSA) is 110 Å². The molecule has 4 aromatic rings. The number of aryl methyl sites for hydroxylation is 2. The lowest BCUT2D eigenvalue weighted by Crippen LogP contribution is -2.21. The summed E-state index contributed by atoms with van der Waals surface area (Å²) in [6.45, 7) is 10.1. The van der Waals surface area contributed by atoms with Gasteiger partial charge in [0.1, 0.15) is 23.0 Å². The van der Waals surface area contributed by atoms with Gasteiger partial charge in [-0.2, -0.15) is 5.10 Å². The molecule has 0 atom stereocenters. The minimum Gasteiger partial charge on any atom is -0.457 e. The fourth-order valence-corrected chi connectivity index (χ4v) is 3.69. The predicted octanol–water partition coefficient (Wildman–Crippen LogP) is 5.98. The van der Waals surface area contributed by atoms with Crippen LogP contribution in [0.3, 0.4) is 0 Å². The zero-order chi connectivity index (χ0) is 27.4. The number of carbonyl (C=O) groups is 2. The Morgan fingerprint density at radius 3 is 2.26 bits per heavy atom. The van der Waals surface area contributed by atoms with Gasteiger partial charge >= 0.3 is 6.03 Å². The molecule has 3 amide bonds. The van der Waals surface area contributed by atoms with Gasteiger partial charge in [-0.15, -0.1) is 0 Å². The van der Waals surface area contributed by atoms with Gasteiger partial charge in [-0.05, 0) is 55.8 Å². The van der Waals surface area contributed by atoms with Crippen molar-refractivity contribution in [1.29, 1.82) is 0 Å². The SMILES string of the molecule is CNC(=O)c1cc(Oc2ccc(NC(=O)Nc3cc(C(C)(C)C)nn3-c3ccc(C)cc3)c(C)c2)ccn1. The van der Waals surface area contributed by atoms with E-state index >= 15 is 0 Å². The Bertz CT molecular complexity index is 1470. The maximum Gasteiger partial charge on any atom is 0.324 e. The lowest BCUT2D eigenvalue weighted by Gasteiger charge is -2.14. The van der Waals surface area contributed by atoms with Crippen molar-refractivity contribution in [2.75, 3.05) is 17.7 Å². The summed E-state index contributed by atoms with van der Waals surface area (Å²) < 4.78 is 7.64. The fraction of sp³-hybridized carbons (Fsp3) is 0.241. The molecule has 0 saturated heterocycles. The first-order valence-electron chi connectivity index (χ1n) is 12.3. The Morgan fingerprint density at radius 1 is 0.895 bits per heavy atom. The van der Waals surface area contributed by atoms with Crippen molar-refractivity contribution in [3.8, 4) is 17.2 Å². The fourth-order valence-electron chi connectivity index (χ4n) is 3.69.